The second-order valence-electron chi connectivity index (χ2n) is 2.37. The summed E-state index contributed by atoms with van der Waals surface area (Å²) in [6.07, 6.45) is 1.90. The molecule has 0 bridgehead atoms. The average Bonchev–Trinajstić information content (AvgIpc) is 2.36. The Bertz CT molecular complexity index is 224. The molecule has 0 aliphatic carbocycles. The van der Waals surface area contributed by atoms with Gasteiger partial charge in [0.05, 0.1) is 16.0 Å². The lowest BCUT2D eigenvalue weighted by atomic mass is 10.2. The Morgan fingerprint density at radius 3 is 3.00 bits per heavy atom. The number of nitrogens with zero attached hydrogens (tertiary/aromatic N) is 1. The van der Waals surface area contributed by atoms with E-state index in [1.54, 1.807) is 6.20 Å². The molecule has 0 unspecified atom stereocenters. The van der Waals surface area contributed by atoms with E-state index in [1.807, 2.05) is 6.92 Å². The molecule has 3 nitrogen and oxygen atoms in total. The molecule has 4 heteroatoms. The first kappa shape index (κ1) is 8.64. The smallest absolute Gasteiger partial charge is 0.0910 e. The molecule has 1 heterocycles. The van der Waals surface area contributed by atoms with Gasteiger partial charge in [-0.25, -0.2) is 4.98 Å². The van der Waals surface area contributed by atoms with E-state index in [2.05, 4.69) is 4.98 Å². The number of thiazole rings is 1. The highest BCUT2D eigenvalue weighted by Crippen LogP contribution is 2.21. The molecule has 11 heavy (non-hydrogen) atoms. The average molecular weight is 172 g/mol. The van der Waals surface area contributed by atoms with Crippen LogP contribution in [0.4, 0.5) is 0 Å². The van der Waals surface area contributed by atoms with Crippen molar-refractivity contribution >= 4 is 11.3 Å². The van der Waals surface area contributed by atoms with Gasteiger partial charge in [-0.1, -0.05) is 0 Å². The van der Waals surface area contributed by atoms with Crippen LogP contribution in [0.3, 0.4) is 0 Å². The van der Waals surface area contributed by atoms with Gasteiger partial charge in [-0.3, -0.25) is 0 Å². The van der Waals surface area contributed by atoms with Gasteiger partial charge in [-0.05, 0) is 19.9 Å². The summed E-state index contributed by atoms with van der Waals surface area (Å²) in [5.74, 6) is 0. The van der Waals surface area contributed by atoms with Crippen molar-refractivity contribution in [3.63, 3.8) is 0 Å². The molecular formula is C7H12N2OS. The zero-order chi connectivity index (χ0) is 8.27. The predicted octanol–water partition coefficient (Wildman–Crippen LogP) is 0.834. The van der Waals surface area contributed by atoms with E-state index in [4.69, 9.17) is 5.73 Å². The molecule has 0 fully saturated rings. The topological polar surface area (TPSA) is 59.1 Å². The summed E-state index contributed by atoms with van der Waals surface area (Å²) in [5, 5.41) is 10.4. The minimum atomic E-state index is -0.425. The number of hydrogen-bond acceptors (Lipinski definition) is 4. The highest BCUT2D eigenvalue weighted by Gasteiger charge is 2.08. The van der Waals surface area contributed by atoms with Crippen LogP contribution < -0.4 is 5.73 Å². The Morgan fingerprint density at radius 1 is 1.82 bits per heavy atom. The van der Waals surface area contributed by atoms with Crippen molar-refractivity contribution in [3.05, 3.63) is 16.1 Å². The molecule has 0 aliphatic heterocycles. The lowest BCUT2D eigenvalue weighted by Crippen LogP contribution is -2.05. The summed E-state index contributed by atoms with van der Waals surface area (Å²) >= 11 is 1.52. The maximum Gasteiger partial charge on any atom is 0.0910 e. The first-order valence-corrected chi connectivity index (χ1v) is 4.36. The van der Waals surface area contributed by atoms with Gasteiger partial charge in [-0.15, -0.1) is 11.3 Å². The lowest BCUT2D eigenvalue weighted by Gasteiger charge is -2.03. The zero-order valence-electron chi connectivity index (χ0n) is 6.45. The molecule has 0 saturated carbocycles. The van der Waals surface area contributed by atoms with E-state index in [9.17, 15) is 5.11 Å². The predicted molar refractivity (Wildman–Crippen MR) is 45.5 cm³/mol. The van der Waals surface area contributed by atoms with E-state index < -0.39 is 6.10 Å². The third kappa shape index (κ3) is 2.25. The summed E-state index contributed by atoms with van der Waals surface area (Å²) in [5.41, 5.74) is 5.30. The summed E-state index contributed by atoms with van der Waals surface area (Å²) < 4.78 is 0. The van der Waals surface area contributed by atoms with Gasteiger partial charge in [0.15, 0.2) is 0 Å². The standard InChI is InChI=1S/C7H12N2OS/c1-5-9-4-7(11-5)6(10)2-3-8/h4,6,10H,2-3,8H2,1H3/t6-/m0/s1. The number of aryl methyl sites for hydroxylation is 1. The molecule has 0 radical (unpaired) electrons. The molecule has 3 N–H and O–H groups in total. The van der Waals surface area contributed by atoms with E-state index in [-0.39, 0.29) is 0 Å². The van der Waals surface area contributed by atoms with Crippen molar-refractivity contribution in [1.29, 1.82) is 0 Å². The molecular weight excluding hydrogens is 160 g/mol. The number of nitrogens with two attached hydrogens (primary N) is 1. The van der Waals surface area contributed by atoms with Gasteiger partial charge < -0.3 is 10.8 Å². The fourth-order valence-corrected chi connectivity index (χ4v) is 1.64. The van der Waals surface area contributed by atoms with Crippen LogP contribution in [0, 0.1) is 6.92 Å². The van der Waals surface area contributed by atoms with Crippen LogP contribution in [0.25, 0.3) is 0 Å². The third-order valence-electron chi connectivity index (χ3n) is 1.41. The molecule has 0 aromatic carbocycles. The van der Waals surface area contributed by atoms with Gasteiger partial charge in [0.2, 0.25) is 0 Å². The van der Waals surface area contributed by atoms with Crippen LogP contribution in [-0.2, 0) is 0 Å². The van der Waals surface area contributed by atoms with Crippen molar-refractivity contribution in [2.75, 3.05) is 6.54 Å². The monoisotopic (exact) mass is 172 g/mol. The second kappa shape index (κ2) is 3.80. The van der Waals surface area contributed by atoms with Gasteiger partial charge >= 0.3 is 0 Å². The maximum atomic E-state index is 9.42. The van der Waals surface area contributed by atoms with Crippen LogP contribution in [-0.4, -0.2) is 16.6 Å². The third-order valence-corrected chi connectivity index (χ3v) is 2.42. The Balaban J connectivity index is 2.60. The Kier molecular flexibility index (Phi) is 2.99. The molecule has 1 aromatic heterocycles. The van der Waals surface area contributed by atoms with Crippen LogP contribution in [0.15, 0.2) is 6.20 Å². The minimum Gasteiger partial charge on any atom is -0.387 e. The summed E-state index contributed by atoms with van der Waals surface area (Å²) in [7, 11) is 0. The number of rotatable bonds is 3. The van der Waals surface area contributed by atoms with Gasteiger partial charge in [0.25, 0.3) is 0 Å². The number of aromatic nitrogens is 1. The summed E-state index contributed by atoms with van der Waals surface area (Å²) in [6.45, 7) is 2.43. The lowest BCUT2D eigenvalue weighted by molar-refractivity contribution is 0.174. The molecule has 62 valence electrons. The van der Waals surface area contributed by atoms with Crippen molar-refractivity contribution in [2.24, 2.45) is 5.73 Å². The van der Waals surface area contributed by atoms with Crippen molar-refractivity contribution < 1.29 is 5.11 Å². The van der Waals surface area contributed by atoms with E-state index >= 15 is 0 Å². The van der Waals surface area contributed by atoms with Crippen molar-refractivity contribution in [3.8, 4) is 0 Å². The molecule has 0 spiro atoms. The second-order valence-corrected chi connectivity index (χ2v) is 3.64. The van der Waals surface area contributed by atoms with Crippen molar-refractivity contribution in [1.82, 2.24) is 4.98 Å². The van der Waals surface area contributed by atoms with Crippen LogP contribution in [0.2, 0.25) is 0 Å². The molecule has 1 rings (SSSR count). The Hall–Kier alpha value is -0.450. The fourth-order valence-electron chi connectivity index (χ4n) is 0.832. The highest BCUT2D eigenvalue weighted by atomic mass is 32.1. The van der Waals surface area contributed by atoms with Gasteiger partial charge in [-0.2, -0.15) is 0 Å². The fraction of sp³-hybridized carbons (Fsp3) is 0.571. The Morgan fingerprint density at radius 2 is 2.55 bits per heavy atom. The summed E-state index contributed by atoms with van der Waals surface area (Å²) in [4.78, 5) is 4.95. The zero-order valence-corrected chi connectivity index (χ0v) is 7.27. The molecule has 0 aliphatic rings. The SMILES string of the molecule is Cc1ncc([C@@H](O)CCN)s1. The first-order chi connectivity index (χ1) is 5.24. The van der Waals surface area contributed by atoms with Crippen LogP contribution >= 0.6 is 11.3 Å². The maximum absolute atomic E-state index is 9.42. The van der Waals surface area contributed by atoms with Gasteiger partial charge in [0, 0.05) is 6.20 Å². The molecule has 1 atom stereocenters. The van der Waals surface area contributed by atoms with Crippen LogP contribution in [0.1, 0.15) is 22.4 Å². The quantitative estimate of drug-likeness (QED) is 0.710. The number of aliphatic hydroxyl groups is 1. The Labute approximate surface area is 69.9 Å². The largest absolute Gasteiger partial charge is 0.387 e. The first-order valence-electron chi connectivity index (χ1n) is 3.54. The van der Waals surface area contributed by atoms with E-state index in [0.717, 1.165) is 9.88 Å². The molecule has 0 amide bonds. The summed E-state index contributed by atoms with van der Waals surface area (Å²) in [6, 6.07) is 0. The van der Waals surface area contributed by atoms with Crippen LogP contribution in [0.5, 0.6) is 0 Å². The molecule has 1 aromatic rings. The number of hydrogen-bond donors (Lipinski definition) is 2. The normalized spacial score (nSPS) is 13.4. The highest BCUT2D eigenvalue weighted by molar-refractivity contribution is 7.11. The molecule has 0 saturated heterocycles. The van der Waals surface area contributed by atoms with Gasteiger partial charge in [0.1, 0.15) is 0 Å². The van der Waals surface area contributed by atoms with E-state index in [1.165, 1.54) is 11.3 Å². The number of aliphatic hydroxyl groups excluding tert-OH is 1. The van der Waals surface area contributed by atoms with Crippen molar-refractivity contribution in [2.45, 2.75) is 19.4 Å². The minimum absolute atomic E-state index is 0.425. The van der Waals surface area contributed by atoms with E-state index in [0.29, 0.717) is 13.0 Å².